The lowest BCUT2D eigenvalue weighted by Crippen LogP contribution is -2.39. The monoisotopic (exact) mass is 242 g/mol. The van der Waals surface area contributed by atoms with E-state index in [1.54, 1.807) is 13.8 Å². The highest BCUT2D eigenvalue weighted by Crippen LogP contribution is 2.15. The Bertz CT molecular complexity index is 424. The van der Waals surface area contributed by atoms with E-state index >= 15 is 0 Å². The van der Waals surface area contributed by atoms with Crippen molar-refractivity contribution in [3.05, 3.63) is 28.0 Å². The second-order valence-electron chi connectivity index (χ2n) is 3.93. The topological polar surface area (TPSA) is 106 Å². The molecule has 1 atom stereocenters. The third-order valence-corrected chi connectivity index (χ3v) is 2.39. The Morgan fingerprint density at radius 3 is 2.76 bits per heavy atom. The van der Waals surface area contributed by atoms with Gasteiger partial charge in [0.05, 0.1) is 11.7 Å². The Morgan fingerprint density at radius 2 is 2.29 bits per heavy atom. The molecule has 1 aromatic heterocycles. The standard InChI is InChI=1S/C10H14N2O5/c1-3-10(2,14)6-11-9(13)7-4-5-8(17-7)12(15)16/h4-5,14H,3,6H2,1-2H3,(H,11,13). The number of hydrogen-bond acceptors (Lipinski definition) is 5. The fraction of sp³-hybridized carbons (Fsp3) is 0.500. The quantitative estimate of drug-likeness (QED) is 0.593. The largest absolute Gasteiger partial charge is 0.433 e. The Balaban J connectivity index is 2.61. The first-order valence-corrected chi connectivity index (χ1v) is 5.10. The molecule has 0 spiro atoms. The molecule has 7 nitrogen and oxygen atoms in total. The highest BCUT2D eigenvalue weighted by atomic mass is 16.6. The van der Waals surface area contributed by atoms with Gasteiger partial charge in [0.25, 0.3) is 5.91 Å². The maximum absolute atomic E-state index is 11.5. The van der Waals surface area contributed by atoms with Crippen molar-refractivity contribution in [2.45, 2.75) is 25.9 Å². The molecule has 94 valence electrons. The van der Waals surface area contributed by atoms with Gasteiger partial charge in [0.15, 0.2) is 5.76 Å². The maximum atomic E-state index is 11.5. The van der Waals surface area contributed by atoms with Crippen molar-refractivity contribution in [1.29, 1.82) is 0 Å². The first kappa shape index (κ1) is 13.2. The summed E-state index contributed by atoms with van der Waals surface area (Å²) in [6, 6.07) is 2.32. The number of rotatable bonds is 5. The number of nitrogens with one attached hydrogen (secondary N) is 1. The lowest BCUT2D eigenvalue weighted by atomic mass is 10.0. The Morgan fingerprint density at radius 1 is 1.65 bits per heavy atom. The summed E-state index contributed by atoms with van der Waals surface area (Å²) in [7, 11) is 0. The molecule has 0 saturated heterocycles. The van der Waals surface area contributed by atoms with Crippen molar-refractivity contribution in [2.24, 2.45) is 0 Å². The van der Waals surface area contributed by atoms with E-state index in [0.29, 0.717) is 6.42 Å². The Labute approximate surface area is 97.6 Å². The zero-order chi connectivity index (χ0) is 13.1. The normalized spacial score (nSPS) is 14.1. The van der Waals surface area contributed by atoms with Gasteiger partial charge >= 0.3 is 5.88 Å². The molecule has 7 heteroatoms. The molecule has 1 amide bonds. The predicted molar refractivity (Wildman–Crippen MR) is 58.6 cm³/mol. The van der Waals surface area contributed by atoms with Gasteiger partial charge in [0, 0.05) is 6.54 Å². The van der Waals surface area contributed by atoms with Gasteiger partial charge in [-0.3, -0.25) is 14.9 Å². The lowest BCUT2D eigenvalue weighted by Gasteiger charge is -2.20. The summed E-state index contributed by atoms with van der Waals surface area (Å²) in [5.41, 5.74) is -1.01. The van der Waals surface area contributed by atoms with E-state index < -0.39 is 22.3 Å². The van der Waals surface area contributed by atoms with Crippen molar-refractivity contribution in [3.8, 4) is 0 Å². The van der Waals surface area contributed by atoms with E-state index in [1.165, 1.54) is 6.07 Å². The minimum Gasteiger partial charge on any atom is -0.395 e. The van der Waals surface area contributed by atoms with Gasteiger partial charge in [-0.25, -0.2) is 0 Å². The molecule has 1 rings (SSSR count). The van der Waals surface area contributed by atoms with Crippen molar-refractivity contribution in [2.75, 3.05) is 6.54 Å². The first-order chi connectivity index (χ1) is 7.85. The fourth-order valence-corrected chi connectivity index (χ4v) is 1.03. The van der Waals surface area contributed by atoms with Gasteiger partial charge in [-0.2, -0.15) is 0 Å². The zero-order valence-corrected chi connectivity index (χ0v) is 9.60. The lowest BCUT2D eigenvalue weighted by molar-refractivity contribution is -0.402. The number of aliphatic hydroxyl groups is 1. The molecule has 0 aliphatic heterocycles. The summed E-state index contributed by atoms with van der Waals surface area (Å²) in [4.78, 5) is 21.1. The molecule has 17 heavy (non-hydrogen) atoms. The van der Waals surface area contributed by atoms with Crippen LogP contribution in [0.3, 0.4) is 0 Å². The summed E-state index contributed by atoms with van der Waals surface area (Å²) >= 11 is 0. The van der Waals surface area contributed by atoms with Gasteiger partial charge in [0.2, 0.25) is 0 Å². The molecular formula is C10H14N2O5. The average molecular weight is 242 g/mol. The van der Waals surface area contributed by atoms with E-state index in [0.717, 1.165) is 6.07 Å². The van der Waals surface area contributed by atoms with Gasteiger partial charge in [-0.15, -0.1) is 0 Å². The molecular weight excluding hydrogens is 228 g/mol. The van der Waals surface area contributed by atoms with Crippen molar-refractivity contribution in [1.82, 2.24) is 5.32 Å². The van der Waals surface area contributed by atoms with Crippen LogP contribution in [0.1, 0.15) is 30.8 Å². The van der Waals surface area contributed by atoms with E-state index in [2.05, 4.69) is 5.32 Å². The third kappa shape index (κ3) is 3.56. The third-order valence-electron chi connectivity index (χ3n) is 2.39. The Hall–Kier alpha value is -1.89. The summed E-state index contributed by atoms with van der Waals surface area (Å²) < 4.78 is 4.71. The van der Waals surface area contributed by atoms with Gasteiger partial charge in [-0.05, 0) is 19.4 Å². The molecule has 0 aliphatic rings. The summed E-state index contributed by atoms with van der Waals surface area (Å²) in [5.74, 6) is -1.23. The molecule has 1 heterocycles. The zero-order valence-electron chi connectivity index (χ0n) is 9.60. The molecule has 0 bridgehead atoms. The summed E-state index contributed by atoms with van der Waals surface area (Å²) in [6.07, 6.45) is 0.478. The number of hydrogen-bond donors (Lipinski definition) is 2. The highest BCUT2D eigenvalue weighted by Gasteiger charge is 2.21. The number of nitrogens with zero attached hydrogens (tertiary/aromatic N) is 1. The van der Waals surface area contributed by atoms with E-state index in [1.807, 2.05) is 0 Å². The molecule has 0 saturated carbocycles. The van der Waals surface area contributed by atoms with Crippen LogP contribution in [0.15, 0.2) is 16.5 Å². The van der Waals surface area contributed by atoms with Crippen LogP contribution in [0.5, 0.6) is 0 Å². The SMILES string of the molecule is CCC(C)(O)CNC(=O)c1ccc([N+](=O)[O-])o1. The molecule has 1 unspecified atom stereocenters. The number of carbonyl (C=O) groups excluding carboxylic acids is 1. The van der Waals surface area contributed by atoms with Crippen LogP contribution in [-0.4, -0.2) is 28.1 Å². The summed E-state index contributed by atoms with van der Waals surface area (Å²) in [5, 5.41) is 22.4. The van der Waals surface area contributed by atoms with Crippen LogP contribution in [0.25, 0.3) is 0 Å². The molecule has 0 aliphatic carbocycles. The smallest absolute Gasteiger partial charge is 0.395 e. The van der Waals surface area contributed by atoms with Crippen LogP contribution in [0, 0.1) is 10.1 Å². The van der Waals surface area contributed by atoms with E-state index in [9.17, 15) is 20.0 Å². The van der Waals surface area contributed by atoms with Crippen LogP contribution >= 0.6 is 0 Å². The van der Waals surface area contributed by atoms with E-state index in [-0.39, 0.29) is 12.3 Å². The van der Waals surface area contributed by atoms with Crippen LogP contribution in [0.2, 0.25) is 0 Å². The molecule has 1 aromatic rings. The number of nitro groups is 1. The van der Waals surface area contributed by atoms with Gasteiger partial charge in [-0.1, -0.05) is 6.92 Å². The van der Waals surface area contributed by atoms with Gasteiger partial charge < -0.3 is 14.8 Å². The molecule has 0 radical (unpaired) electrons. The number of furan rings is 1. The number of amides is 1. The Kier molecular flexibility index (Phi) is 3.84. The van der Waals surface area contributed by atoms with Gasteiger partial charge in [0.1, 0.15) is 4.92 Å². The number of carbonyl (C=O) groups is 1. The van der Waals surface area contributed by atoms with Crippen LogP contribution in [-0.2, 0) is 0 Å². The second-order valence-corrected chi connectivity index (χ2v) is 3.93. The maximum Gasteiger partial charge on any atom is 0.433 e. The molecule has 0 fully saturated rings. The average Bonchev–Trinajstić information content (AvgIpc) is 2.75. The van der Waals surface area contributed by atoms with Crippen molar-refractivity contribution >= 4 is 11.8 Å². The van der Waals surface area contributed by atoms with Crippen LogP contribution < -0.4 is 5.32 Å². The minimum absolute atomic E-state index is 0.0524. The minimum atomic E-state index is -1.01. The molecule has 0 aromatic carbocycles. The fourth-order valence-electron chi connectivity index (χ4n) is 1.03. The second kappa shape index (κ2) is 4.96. The highest BCUT2D eigenvalue weighted by molar-refractivity contribution is 5.91. The van der Waals surface area contributed by atoms with Crippen molar-refractivity contribution < 1.29 is 19.2 Å². The summed E-state index contributed by atoms with van der Waals surface area (Å²) in [6.45, 7) is 3.42. The first-order valence-electron chi connectivity index (χ1n) is 5.10. The van der Waals surface area contributed by atoms with Crippen molar-refractivity contribution in [3.63, 3.8) is 0 Å². The van der Waals surface area contributed by atoms with Crippen LogP contribution in [0.4, 0.5) is 5.88 Å². The molecule has 2 N–H and O–H groups in total. The predicted octanol–water partition coefficient (Wildman–Crippen LogP) is 1.08. The van der Waals surface area contributed by atoms with E-state index in [4.69, 9.17) is 4.42 Å².